The Kier molecular flexibility index (Phi) is 11.2. The monoisotopic (exact) mass is 634 g/mol. The van der Waals surface area contributed by atoms with E-state index >= 15 is 0 Å². The molecular formula is C29H47ClN6O4Si2. The predicted octanol–water partition coefficient (Wildman–Crippen LogP) is 6.93. The van der Waals surface area contributed by atoms with Crippen LogP contribution in [0.25, 0.3) is 11.4 Å². The summed E-state index contributed by atoms with van der Waals surface area (Å²) in [5.41, 5.74) is 0.185. The second-order valence-electron chi connectivity index (χ2n) is 13.4. The van der Waals surface area contributed by atoms with Crippen LogP contribution in [0, 0.1) is 0 Å². The minimum atomic E-state index is -1.82. The van der Waals surface area contributed by atoms with E-state index in [1.165, 1.54) is 10.9 Å². The number of nitrogens with zero attached hydrogens (tertiary/aromatic N) is 5. The van der Waals surface area contributed by atoms with Crippen LogP contribution in [-0.2, 0) is 22.9 Å². The quantitative estimate of drug-likeness (QED) is 0.150. The van der Waals surface area contributed by atoms with Crippen LogP contribution in [0.4, 0.5) is 11.6 Å². The molecule has 0 aliphatic carbocycles. The average molecular weight is 635 g/mol. The molecule has 0 aliphatic rings. The van der Waals surface area contributed by atoms with Gasteiger partial charge in [0.1, 0.15) is 34.7 Å². The number of ether oxygens (including phenoxy) is 2. The molecule has 13 heteroatoms. The van der Waals surface area contributed by atoms with Gasteiger partial charge in [-0.25, -0.2) is 15.0 Å². The van der Waals surface area contributed by atoms with Crippen molar-refractivity contribution in [1.82, 2.24) is 24.3 Å². The maximum Gasteiger partial charge on any atom is 0.277 e. The molecule has 1 N–H and O–H groups in total. The predicted molar refractivity (Wildman–Crippen MR) is 175 cm³/mol. The molecule has 3 rings (SSSR count). The van der Waals surface area contributed by atoms with E-state index in [1.54, 1.807) is 36.3 Å². The van der Waals surface area contributed by atoms with E-state index in [0.717, 1.165) is 12.5 Å². The third-order valence-corrected chi connectivity index (χ3v) is 14.0. The highest BCUT2D eigenvalue weighted by Gasteiger charge is 2.37. The Morgan fingerprint density at radius 2 is 1.81 bits per heavy atom. The van der Waals surface area contributed by atoms with E-state index in [1.807, 2.05) is 6.92 Å². The van der Waals surface area contributed by atoms with Crippen molar-refractivity contribution < 1.29 is 13.9 Å². The Morgan fingerprint density at radius 3 is 2.48 bits per heavy atom. The lowest BCUT2D eigenvalue weighted by atomic mass is 10.2. The number of halogens is 1. The fourth-order valence-corrected chi connectivity index (χ4v) is 5.60. The molecule has 0 bridgehead atoms. The summed E-state index contributed by atoms with van der Waals surface area (Å²) in [5, 5.41) is 3.75. The topological polar surface area (TPSA) is 105 Å². The van der Waals surface area contributed by atoms with Gasteiger partial charge in [-0.3, -0.25) is 14.2 Å². The van der Waals surface area contributed by atoms with Gasteiger partial charge in [0.2, 0.25) is 0 Å². The van der Waals surface area contributed by atoms with Crippen molar-refractivity contribution in [1.29, 1.82) is 0 Å². The molecule has 1 atom stereocenters. The summed E-state index contributed by atoms with van der Waals surface area (Å²) in [5.74, 6) is 1.81. The second-order valence-corrected chi connectivity index (χ2v) is 24.2. The van der Waals surface area contributed by atoms with E-state index in [0.29, 0.717) is 47.0 Å². The lowest BCUT2D eigenvalue weighted by Gasteiger charge is -2.36. The largest absolute Gasteiger partial charge is 0.489 e. The first kappa shape index (κ1) is 34.0. The minimum Gasteiger partial charge on any atom is -0.489 e. The highest BCUT2D eigenvalue weighted by atomic mass is 35.5. The Labute approximate surface area is 256 Å². The van der Waals surface area contributed by atoms with E-state index in [-0.39, 0.29) is 23.4 Å². The molecule has 10 nitrogen and oxygen atoms in total. The van der Waals surface area contributed by atoms with Crippen LogP contribution in [0.5, 0.6) is 5.75 Å². The van der Waals surface area contributed by atoms with E-state index < -0.39 is 16.4 Å². The molecule has 0 aliphatic heterocycles. The first-order chi connectivity index (χ1) is 19.5. The summed E-state index contributed by atoms with van der Waals surface area (Å²) in [4.78, 5) is 26.2. The number of hydrogen-bond acceptors (Lipinski definition) is 8. The molecule has 0 radical (unpaired) electrons. The molecule has 3 aromatic heterocycles. The van der Waals surface area contributed by atoms with Gasteiger partial charge in [0.15, 0.2) is 14.1 Å². The molecule has 0 unspecified atom stereocenters. The van der Waals surface area contributed by atoms with Crippen molar-refractivity contribution in [2.75, 3.05) is 18.5 Å². The average Bonchev–Trinajstić information content (AvgIpc) is 3.16. The van der Waals surface area contributed by atoms with Gasteiger partial charge in [0.05, 0.1) is 12.3 Å². The Balaban J connectivity index is 1.66. The van der Waals surface area contributed by atoms with Crippen LogP contribution in [0.3, 0.4) is 0 Å². The highest BCUT2D eigenvalue weighted by molar-refractivity contribution is 6.76. The van der Waals surface area contributed by atoms with Gasteiger partial charge < -0.3 is 19.2 Å². The SMILES string of the molecule is C[C@@H](CCO[Si](C)(C)C(C)(C)C)Oc1cc(Nc2ccnc(-c3cn(COCC[Si](C)(C)C)n(C)c3=O)n2)ncc1Cl. The third-order valence-electron chi connectivity index (χ3n) is 7.50. The van der Waals surface area contributed by atoms with Crippen LogP contribution in [0.15, 0.2) is 35.5 Å². The number of pyridine rings is 1. The Morgan fingerprint density at radius 1 is 1.10 bits per heavy atom. The molecule has 0 spiro atoms. The van der Waals surface area contributed by atoms with Crippen molar-refractivity contribution in [3.8, 4) is 17.1 Å². The summed E-state index contributed by atoms with van der Waals surface area (Å²) in [6.45, 7) is 21.7. The molecular weight excluding hydrogens is 588 g/mol. The summed E-state index contributed by atoms with van der Waals surface area (Å²) < 4.78 is 21.5. The minimum absolute atomic E-state index is 0.104. The van der Waals surface area contributed by atoms with Crippen LogP contribution < -0.4 is 15.6 Å². The number of aromatic nitrogens is 5. The molecule has 232 valence electrons. The van der Waals surface area contributed by atoms with Crippen molar-refractivity contribution >= 4 is 39.6 Å². The maximum absolute atomic E-state index is 13.0. The zero-order valence-electron chi connectivity index (χ0n) is 26.7. The molecule has 3 aromatic rings. The zero-order chi connectivity index (χ0) is 31.3. The van der Waals surface area contributed by atoms with Gasteiger partial charge in [-0.15, -0.1) is 0 Å². The Hall–Kier alpha value is -2.52. The van der Waals surface area contributed by atoms with Crippen LogP contribution in [0.2, 0.25) is 48.8 Å². The molecule has 42 heavy (non-hydrogen) atoms. The molecule has 0 amide bonds. The molecule has 0 saturated carbocycles. The normalized spacial score (nSPS) is 13.3. The van der Waals surface area contributed by atoms with Gasteiger partial charge in [-0.1, -0.05) is 52.0 Å². The van der Waals surface area contributed by atoms with Crippen LogP contribution in [-0.4, -0.2) is 60.0 Å². The van der Waals surface area contributed by atoms with Crippen LogP contribution >= 0.6 is 11.6 Å². The third kappa shape index (κ3) is 9.50. The number of hydrogen-bond donors (Lipinski definition) is 1. The zero-order valence-corrected chi connectivity index (χ0v) is 29.5. The van der Waals surface area contributed by atoms with Crippen molar-refractivity contribution in [3.63, 3.8) is 0 Å². The smallest absolute Gasteiger partial charge is 0.277 e. The molecule has 0 aromatic carbocycles. The highest BCUT2D eigenvalue weighted by Crippen LogP contribution is 2.36. The van der Waals surface area contributed by atoms with Crippen LogP contribution in [0.1, 0.15) is 34.1 Å². The molecule has 0 saturated heterocycles. The molecule has 0 fully saturated rings. The summed E-state index contributed by atoms with van der Waals surface area (Å²) in [6, 6.07) is 4.51. The summed E-state index contributed by atoms with van der Waals surface area (Å²) in [6.07, 6.45) is 5.50. The Bertz CT molecular complexity index is 1400. The van der Waals surface area contributed by atoms with Gasteiger partial charge in [-0.05, 0) is 37.2 Å². The lowest BCUT2D eigenvalue weighted by Crippen LogP contribution is -2.41. The fraction of sp³-hybridized carbons (Fsp3) is 0.586. The van der Waals surface area contributed by atoms with Gasteiger partial charge in [0.25, 0.3) is 5.56 Å². The molecule has 3 heterocycles. The van der Waals surface area contributed by atoms with Gasteiger partial charge in [-0.2, -0.15) is 0 Å². The van der Waals surface area contributed by atoms with E-state index in [9.17, 15) is 4.79 Å². The first-order valence-electron chi connectivity index (χ1n) is 14.4. The number of nitrogens with one attached hydrogen (secondary N) is 1. The van der Waals surface area contributed by atoms with Gasteiger partial charge >= 0.3 is 0 Å². The first-order valence-corrected chi connectivity index (χ1v) is 21.4. The second kappa shape index (κ2) is 13.8. The van der Waals surface area contributed by atoms with Gasteiger partial charge in [0, 0.05) is 53.2 Å². The fourth-order valence-electron chi connectivity index (χ4n) is 3.64. The van der Waals surface area contributed by atoms with E-state index in [4.69, 9.17) is 25.5 Å². The number of rotatable bonds is 14. The van der Waals surface area contributed by atoms with Crippen molar-refractivity contribution in [3.05, 3.63) is 46.1 Å². The number of anilines is 2. The van der Waals surface area contributed by atoms with Crippen molar-refractivity contribution in [2.24, 2.45) is 7.05 Å². The van der Waals surface area contributed by atoms with Crippen molar-refractivity contribution in [2.45, 2.75) is 90.8 Å². The van der Waals surface area contributed by atoms with E-state index in [2.05, 4.69) is 73.8 Å². The summed E-state index contributed by atoms with van der Waals surface area (Å²) in [7, 11) is -1.31. The maximum atomic E-state index is 13.0. The summed E-state index contributed by atoms with van der Waals surface area (Å²) >= 11 is 6.40. The lowest BCUT2D eigenvalue weighted by molar-refractivity contribution is 0.0703. The standard InChI is InChI=1S/C29H47ClN6O4Si2/c1-21(12-14-39-42(9,10)29(2,3)4)40-24-17-26(32-18-23(24)30)33-25-11-13-31-27(34-25)22-19-36(35(5)28(22)37)20-38-15-16-41(6,7)8/h11,13,17-19,21H,12,14-16,20H2,1-10H3,(H,31,32,33,34)/t21-/m0/s1.